The molecule has 0 fully saturated rings. The minimum atomic E-state index is -0.193. The van der Waals surface area contributed by atoms with Gasteiger partial charge in [-0.1, -0.05) is 54.6 Å². The summed E-state index contributed by atoms with van der Waals surface area (Å²) < 4.78 is 1.89. The lowest BCUT2D eigenvalue weighted by atomic mass is 9.98. The maximum Gasteiger partial charge on any atom is 0.251 e. The number of anilines is 1. The molecule has 0 aliphatic carbocycles. The van der Waals surface area contributed by atoms with Gasteiger partial charge in [0.15, 0.2) is 0 Å². The first-order valence-electron chi connectivity index (χ1n) is 10.4. The van der Waals surface area contributed by atoms with Crippen LogP contribution in [0, 0.1) is 0 Å². The molecule has 0 bridgehead atoms. The molecule has 0 aliphatic heterocycles. The summed E-state index contributed by atoms with van der Waals surface area (Å²) in [6, 6.07) is 25.2. The molecule has 0 unspecified atom stereocenters. The SMILES string of the molecule is CC(=O)Nc1cccc(C(=O)NCc2ccccc2-c2ccc(Cn3cccn3)cc2)c1. The van der Waals surface area contributed by atoms with Crippen molar-refractivity contribution in [2.75, 3.05) is 5.32 Å². The molecule has 6 nitrogen and oxygen atoms in total. The molecule has 0 radical (unpaired) electrons. The molecule has 32 heavy (non-hydrogen) atoms. The van der Waals surface area contributed by atoms with E-state index in [0.29, 0.717) is 17.8 Å². The second kappa shape index (κ2) is 9.75. The molecule has 2 amide bonds. The van der Waals surface area contributed by atoms with Gasteiger partial charge >= 0.3 is 0 Å². The number of carbonyl (C=O) groups excluding carboxylic acids is 2. The number of amides is 2. The fraction of sp³-hybridized carbons (Fsp3) is 0.115. The van der Waals surface area contributed by atoms with Crippen LogP contribution in [-0.4, -0.2) is 21.6 Å². The third-order valence-corrected chi connectivity index (χ3v) is 5.07. The second-order valence-electron chi connectivity index (χ2n) is 7.50. The Hall–Kier alpha value is -4.19. The number of benzene rings is 3. The van der Waals surface area contributed by atoms with Crippen LogP contribution in [0.3, 0.4) is 0 Å². The maximum absolute atomic E-state index is 12.7. The highest BCUT2D eigenvalue weighted by molar-refractivity contribution is 5.96. The van der Waals surface area contributed by atoms with Gasteiger partial charge in [-0.15, -0.1) is 0 Å². The van der Waals surface area contributed by atoms with E-state index in [4.69, 9.17) is 0 Å². The van der Waals surface area contributed by atoms with Crippen molar-refractivity contribution in [1.82, 2.24) is 15.1 Å². The summed E-state index contributed by atoms with van der Waals surface area (Å²) in [5, 5.41) is 9.93. The number of nitrogens with one attached hydrogen (secondary N) is 2. The zero-order valence-corrected chi connectivity index (χ0v) is 17.8. The van der Waals surface area contributed by atoms with Gasteiger partial charge in [0, 0.05) is 37.1 Å². The zero-order chi connectivity index (χ0) is 22.3. The fourth-order valence-corrected chi connectivity index (χ4v) is 3.55. The summed E-state index contributed by atoms with van der Waals surface area (Å²) in [5.41, 5.74) is 5.45. The lowest BCUT2D eigenvalue weighted by molar-refractivity contribution is -0.114. The molecular weight excluding hydrogens is 400 g/mol. The van der Waals surface area contributed by atoms with Gasteiger partial charge in [0.25, 0.3) is 5.91 Å². The van der Waals surface area contributed by atoms with Crippen molar-refractivity contribution in [3.05, 3.63) is 108 Å². The second-order valence-corrected chi connectivity index (χ2v) is 7.50. The van der Waals surface area contributed by atoms with Crippen LogP contribution in [-0.2, 0) is 17.9 Å². The van der Waals surface area contributed by atoms with E-state index in [1.54, 1.807) is 30.5 Å². The third kappa shape index (κ3) is 5.29. The first-order valence-corrected chi connectivity index (χ1v) is 10.4. The zero-order valence-electron chi connectivity index (χ0n) is 17.8. The summed E-state index contributed by atoms with van der Waals surface area (Å²) >= 11 is 0. The molecule has 6 heteroatoms. The Kier molecular flexibility index (Phi) is 6.41. The Morgan fingerprint density at radius 2 is 1.75 bits per heavy atom. The molecule has 0 atom stereocenters. The average molecular weight is 425 g/mol. The van der Waals surface area contributed by atoms with E-state index < -0.39 is 0 Å². The van der Waals surface area contributed by atoms with Crippen LogP contribution in [0.4, 0.5) is 5.69 Å². The Bertz CT molecular complexity index is 1210. The summed E-state index contributed by atoms with van der Waals surface area (Å²) in [4.78, 5) is 23.9. The van der Waals surface area contributed by atoms with Crippen LogP contribution in [0.5, 0.6) is 0 Å². The highest BCUT2D eigenvalue weighted by Crippen LogP contribution is 2.24. The van der Waals surface area contributed by atoms with Gasteiger partial charge in [0.2, 0.25) is 5.91 Å². The minimum Gasteiger partial charge on any atom is -0.348 e. The first kappa shape index (κ1) is 21.1. The van der Waals surface area contributed by atoms with Gasteiger partial charge in [0.1, 0.15) is 0 Å². The maximum atomic E-state index is 12.7. The van der Waals surface area contributed by atoms with Crippen molar-refractivity contribution < 1.29 is 9.59 Å². The van der Waals surface area contributed by atoms with Gasteiger partial charge in [-0.05, 0) is 46.5 Å². The molecule has 0 aliphatic rings. The molecule has 4 aromatic rings. The molecule has 4 rings (SSSR count). The monoisotopic (exact) mass is 424 g/mol. The van der Waals surface area contributed by atoms with Crippen molar-refractivity contribution in [3.63, 3.8) is 0 Å². The van der Waals surface area contributed by atoms with Crippen LogP contribution in [0.2, 0.25) is 0 Å². The topological polar surface area (TPSA) is 76.0 Å². The molecule has 0 saturated heterocycles. The van der Waals surface area contributed by atoms with Crippen LogP contribution in [0.1, 0.15) is 28.4 Å². The normalized spacial score (nSPS) is 10.5. The first-order chi connectivity index (χ1) is 15.6. The molecule has 3 aromatic carbocycles. The number of hydrogen-bond acceptors (Lipinski definition) is 3. The summed E-state index contributed by atoms with van der Waals surface area (Å²) in [7, 11) is 0. The van der Waals surface area contributed by atoms with Crippen LogP contribution in [0.25, 0.3) is 11.1 Å². The standard InChI is InChI=1S/C26H24N4O2/c1-19(31)29-24-8-4-7-22(16-24)26(32)27-17-23-6-2-3-9-25(23)21-12-10-20(11-13-21)18-30-15-5-14-28-30/h2-16H,17-18H2,1H3,(H,27,32)(H,29,31). The minimum absolute atomic E-state index is 0.174. The molecule has 0 saturated carbocycles. The van der Waals surface area contributed by atoms with Crippen LogP contribution >= 0.6 is 0 Å². The van der Waals surface area contributed by atoms with Gasteiger partial charge in [-0.25, -0.2) is 0 Å². The predicted octanol–water partition coefficient (Wildman–Crippen LogP) is 4.49. The van der Waals surface area contributed by atoms with Crippen molar-refractivity contribution in [2.45, 2.75) is 20.0 Å². The lowest BCUT2D eigenvalue weighted by Gasteiger charge is -2.12. The van der Waals surface area contributed by atoms with Gasteiger partial charge in [-0.2, -0.15) is 5.10 Å². The van der Waals surface area contributed by atoms with Crippen molar-refractivity contribution in [2.24, 2.45) is 0 Å². The van der Waals surface area contributed by atoms with Gasteiger partial charge in [0.05, 0.1) is 6.54 Å². The Morgan fingerprint density at radius 3 is 2.50 bits per heavy atom. The molecule has 1 heterocycles. The molecule has 1 aromatic heterocycles. The molecule has 0 spiro atoms. The van der Waals surface area contributed by atoms with E-state index in [0.717, 1.165) is 23.2 Å². The number of hydrogen-bond donors (Lipinski definition) is 2. The number of carbonyl (C=O) groups is 2. The highest BCUT2D eigenvalue weighted by atomic mass is 16.2. The van der Waals surface area contributed by atoms with Crippen LogP contribution in [0.15, 0.2) is 91.3 Å². The van der Waals surface area contributed by atoms with Crippen molar-refractivity contribution in [1.29, 1.82) is 0 Å². The van der Waals surface area contributed by atoms with E-state index in [1.807, 2.05) is 35.1 Å². The van der Waals surface area contributed by atoms with Crippen molar-refractivity contribution >= 4 is 17.5 Å². The largest absolute Gasteiger partial charge is 0.348 e. The highest BCUT2D eigenvalue weighted by Gasteiger charge is 2.10. The average Bonchev–Trinajstić information content (AvgIpc) is 3.31. The van der Waals surface area contributed by atoms with E-state index in [9.17, 15) is 9.59 Å². The van der Waals surface area contributed by atoms with E-state index in [1.165, 1.54) is 12.5 Å². The number of rotatable bonds is 7. The lowest BCUT2D eigenvalue weighted by Crippen LogP contribution is -2.23. The smallest absolute Gasteiger partial charge is 0.251 e. The quantitative estimate of drug-likeness (QED) is 0.459. The summed E-state index contributed by atoms with van der Waals surface area (Å²) in [5.74, 6) is -0.367. The van der Waals surface area contributed by atoms with Gasteiger partial charge in [-0.3, -0.25) is 14.3 Å². The third-order valence-electron chi connectivity index (χ3n) is 5.07. The fourth-order valence-electron chi connectivity index (χ4n) is 3.55. The Labute approximate surface area is 186 Å². The number of nitrogens with zero attached hydrogens (tertiary/aromatic N) is 2. The van der Waals surface area contributed by atoms with Gasteiger partial charge < -0.3 is 10.6 Å². The summed E-state index contributed by atoms with van der Waals surface area (Å²) in [6.45, 7) is 2.56. The molecule has 160 valence electrons. The van der Waals surface area contributed by atoms with E-state index in [2.05, 4.69) is 46.1 Å². The predicted molar refractivity (Wildman–Crippen MR) is 125 cm³/mol. The Balaban J connectivity index is 1.46. The molecule has 2 N–H and O–H groups in total. The van der Waals surface area contributed by atoms with E-state index in [-0.39, 0.29) is 11.8 Å². The molecular formula is C26H24N4O2. The Morgan fingerprint density at radius 1 is 0.938 bits per heavy atom. The van der Waals surface area contributed by atoms with Crippen molar-refractivity contribution in [3.8, 4) is 11.1 Å². The van der Waals surface area contributed by atoms with E-state index >= 15 is 0 Å². The van der Waals surface area contributed by atoms with Crippen LogP contribution < -0.4 is 10.6 Å². The summed E-state index contributed by atoms with van der Waals surface area (Å²) in [6.07, 6.45) is 3.72. The number of aromatic nitrogens is 2.